The minimum Gasteiger partial charge on any atom is -0.550 e. The number of likely N-dealkylation sites (tertiary alicyclic amines) is 1. The second kappa shape index (κ2) is 5.99. The molecule has 7 heteroatoms. The van der Waals surface area contributed by atoms with E-state index in [9.17, 15) is 14.7 Å². The number of carboxylic acids is 1. The fraction of sp³-hybridized carbons (Fsp3) is 0.833. The SMILES string of the molecule is CC(C)(C)OC(=O)N1CC(C(=O)[O-])C2(COC2)C1.[K+]. The van der Waals surface area contributed by atoms with E-state index in [1.165, 1.54) is 4.90 Å². The summed E-state index contributed by atoms with van der Waals surface area (Å²) in [5, 5.41) is 11.1. The summed E-state index contributed by atoms with van der Waals surface area (Å²) in [6.45, 7) is 6.56. The van der Waals surface area contributed by atoms with Crippen LogP contribution in [0.1, 0.15) is 20.8 Å². The van der Waals surface area contributed by atoms with Gasteiger partial charge in [-0.3, -0.25) is 0 Å². The Morgan fingerprint density at radius 1 is 1.37 bits per heavy atom. The molecule has 0 aromatic heterocycles. The van der Waals surface area contributed by atoms with Crippen LogP contribution in [-0.2, 0) is 14.3 Å². The van der Waals surface area contributed by atoms with Crippen LogP contribution in [0.15, 0.2) is 0 Å². The van der Waals surface area contributed by atoms with Gasteiger partial charge in [0.25, 0.3) is 0 Å². The van der Waals surface area contributed by atoms with Crippen molar-refractivity contribution in [3.05, 3.63) is 0 Å². The third-order valence-corrected chi connectivity index (χ3v) is 3.36. The quantitative estimate of drug-likeness (QED) is 0.472. The molecule has 0 saturated carbocycles. The minimum atomic E-state index is -1.12. The summed E-state index contributed by atoms with van der Waals surface area (Å²) in [6.07, 6.45) is -0.475. The molecule has 1 amide bonds. The van der Waals surface area contributed by atoms with Crippen LogP contribution in [0, 0.1) is 11.3 Å². The average molecular weight is 295 g/mol. The van der Waals surface area contributed by atoms with Gasteiger partial charge in [-0.1, -0.05) is 0 Å². The fourth-order valence-corrected chi connectivity index (χ4v) is 2.42. The van der Waals surface area contributed by atoms with E-state index in [0.717, 1.165) is 0 Å². The number of ether oxygens (including phenoxy) is 2. The molecule has 102 valence electrons. The Balaban J connectivity index is 0.00000180. The van der Waals surface area contributed by atoms with Gasteiger partial charge >= 0.3 is 57.5 Å². The van der Waals surface area contributed by atoms with Gasteiger partial charge in [-0.25, -0.2) is 4.79 Å². The number of carboxylic acid groups (broad SMARTS) is 1. The van der Waals surface area contributed by atoms with Gasteiger partial charge in [0.1, 0.15) is 5.60 Å². The van der Waals surface area contributed by atoms with Crippen molar-refractivity contribution in [2.24, 2.45) is 11.3 Å². The van der Waals surface area contributed by atoms with Crippen molar-refractivity contribution in [1.82, 2.24) is 4.90 Å². The molecule has 2 aliphatic heterocycles. The molecule has 2 fully saturated rings. The molecule has 0 radical (unpaired) electrons. The van der Waals surface area contributed by atoms with Crippen molar-refractivity contribution in [2.45, 2.75) is 26.4 Å². The van der Waals surface area contributed by atoms with E-state index >= 15 is 0 Å². The topological polar surface area (TPSA) is 78.9 Å². The van der Waals surface area contributed by atoms with Crippen LogP contribution in [0.5, 0.6) is 0 Å². The number of rotatable bonds is 1. The summed E-state index contributed by atoms with van der Waals surface area (Å²) in [5.74, 6) is -1.79. The molecular formula is C12H18KNO5. The summed E-state index contributed by atoms with van der Waals surface area (Å²) in [6, 6.07) is 0. The molecule has 0 N–H and O–H groups in total. The summed E-state index contributed by atoms with van der Waals surface area (Å²) in [5.41, 5.74) is -1.06. The maximum absolute atomic E-state index is 11.9. The number of nitrogens with zero attached hydrogens (tertiary/aromatic N) is 1. The molecule has 2 aliphatic rings. The van der Waals surface area contributed by atoms with Crippen molar-refractivity contribution < 1.29 is 75.6 Å². The van der Waals surface area contributed by atoms with Gasteiger partial charge in [0.05, 0.1) is 13.2 Å². The van der Waals surface area contributed by atoms with Crippen molar-refractivity contribution >= 4 is 12.1 Å². The standard InChI is InChI=1S/C12H19NO5.K/c1-11(2,3)18-10(16)13-4-8(9(14)15)12(5-13)6-17-7-12;/h8H,4-7H2,1-3H3,(H,14,15);/q;+1/p-1. The van der Waals surface area contributed by atoms with Crippen LogP contribution in [0.3, 0.4) is 0 Å². The Morgan fingerprint density at radius 2 is 1.95 bits per heavy atom. The maximum atomic E-state index is 11.9. The zero-order valence-corrected chi connectivity index (χ0v) is 15.0. The third kappa shape index (κ3) is 3.71. The van der Waals surface area contributed by atoms with E-state index in [1.54, 1.807) is 20.8 Å². The summed E-state index contributed by atoms with van der Waals surface area (Å²) < 4.78 is 10.3. The number of hydrogen-bond acceptors (Lipinski definition) is 5. The van der Waals surface area contributed by atoms with Gasteiger partial charge in [-0.15, -0.1) is 0 Å². The Bertz CT molecular complexity index is 375. The Morgan fingerprint density at radius 3 is 2.26 bits per heavy atom. The van der Waals surface area contributed by atoms with Gasteiger partial charge in [-0.2, -0.15) is 0 Å². The van der Waals surface area contributed by atoms with Crippen LogP contribution >= 0.6 is 0 Å². The van der Waals surface area contributed by atoms with Gasteiger partial charge in [0.15, 0.2) is 0 Å². The Hall–Kier alpha value is 0.336. The number of aliphatic carboxylic acids is 1. The molecule has 0 aromatic rings. The molecule has 2 saturated heterocycles. The predicted molar refractivity (Wildman–Crippen MR) is 59.6 cm³/mol. The van der Waals surface area contributed by atoms with Crippen molar-refractivity contribution in [2.75, 3.05) is 26.3 Å². The first-order valence-electron chi connectivity index (χ1n) is 6.00. The number of carbonyl (C=O) groups excluding carboxylic acids is 2. The number of carbonyl (C=O) groups is 2. The maximum Gasteiger partial charge on any atom is 1.00 e. The first-order valence-corrected chi connectivity index (χ1v) is 6.00. The largest absolute Gasteiger partial charge is 1.00 e. The third-order valence-electron chi connectivity index (χ3n) is 3.36. The molecule has 0 aliphatic carbocycles. The van der Waals surface area contributed by atoms with Crippen molar-refractivity contribution in [1.29, 1.82) is 0 Å². The zero-order chi connectivity index (χ0) is 13.6. The van der Waals surface area contributed by atoms with E-state index in [4.69, 9.17) is 9.47 Å². The summed E-state index contributed by atoms with van der Waals surface area (Å²) in [7, 11) is 0. The van der Waals surface area contributed by atoms with E-state index in [0.29, 0.717) is 19.8 Å². The van der Waals surface area contributed by atoms with Crippen LogP contribution in [0.2, 0.25) is 0 Å². The number of hydrogen-bond donors (Lipinski definition) is 0. The molecule has 0 aromatic carbocycles. The Labute approximate surface area is 155 Å². The Kier molecular flexibility index (Phi) is 5.48. The molecule has 2 heterocycles. The van der Waals surface area contributed by atoms with Crippen LogP contribution in [-0.4, -0.2) is 48.9 Å². The first kappa shape index (κ1) is 17.4. The van der Waals surface area contributed by atoms with Crippen molar-refractivity contribution in [3.63, 3.8) is 0 Å². The molecule has 2 rings (SSSR count). The second-order valence-corrected chi connectivity index (χ2v) is 6.09. The van der Waals surface area contributed by atoms with Gasteiger partial charge in [-0.05, 0) is 20.8 Å². The molecule has 19 heavy (non-hydrogen) atoms. The van der Waals surface area contributed by atoms with Crippen LogP contribution in [0.25, 0.3) is 0 Å². The van der Waals surface area contributed by atoms with Crippen LogP contribution < -0.4 is 56.5 Å². The van der Waals surface area contributed by atoms with E-state index in [2.05, 4.69) is 0 Å². The summed E-state index contributed by atoms with van der Waals surface area (Å²) in [4.78, 5) is 24.5. The van der Waals surface area contributed by atoms with Gasteiger partial charge < -0.3 is 24.3 Å². The van der Waals surface area contributed by atoms with Crippen molar-refractivity contribution in [3.8, 4) is 0 Å². The zero-order valence-electron chi connectivity index (χ0n) is 11.9. The molecule has 6 nitrogen and oxygen atoms in total. The minimum absolute atomic E-state index is 0. The molecule has 1 unspecified atom stereocenters. The van der Waals surface area contributed by atoms with Crippen LogP contribution in [0.4, 0.5) is 4.79 Å². The van der Waals surface area contributed by atoms with Gasteiger partial charge in [0.2, 0.25) is 0 Å². The fourth-order valence-electron chi connectivity index (χ4n) is 2.42. The molecule has 1 atom stereocenters. The molecular weight excluding hydrogens is 277 g/mol. The van der Waals surface area contributed by atoms with E-state index in [-0.39, 0.29) is 57.9 Å². The smallest absolute Gasteiger partial charge is 0.550 e. The average Bonchev–Trinajstić information content (AvgIpc) is 2.53. The second-order valence-electron chi connectivity index (χ2n) is 6.09. The van der Waals surface area contributed by atoms with E-state index < -0.39 is 29.0 Å². The van der Waals surface area contributed by atoms with E-state index in [1.807, 2.05) is 0 Å². The predicted octanol–water partition coefficient (Wildman–Crippen LogP) is -3.38. The molecule has 1 spiro atoms. The molecule has 0 bridgehead atoms. The first-order chi connectivity index (χ1) is 8.23. The summed E-state index contributed by atoms with van der Waals surface area (Å²) >= 11 is 0. The van der Waals surface area contributed by atoms with Gasteiger partial charge in [0, 0.05) is 30.4 Å². The normalized spacial score (nSPS) is 24.6. The monoisotopic (exact) mass is 295 g/mol. The number of amides is 1.